The molecule has 2 aliphatic rings. The third-order valence-electron chi connectivity index (χ3n) is 3.83. The molecule has 0 atom stereocenters. The quantitative estimate of drug-likeness (QED) is 0.816. The van der Waals surface area contributed by atoms with Crippen LogP contribution in [0.1, 0.15) is 42.6 Å². The number of hydrogen-bond acceptors (Lipinski definition) is 4. The van der Waals surface area contributed by atoms with E-state index in [1.807, 2.05) is 0 Å². The van der Waals surface area contributed by atoms with Crippen molar-refractivity contribution in [1.82, 2.24) is 15.3 Å². The van der Waals surface area contributed by atoms with E-state index in [1.54, 1.807) is 0 Å². The Balaban J connectivity index is 1.82. The number of fused-ring (bicyclic) bond motifs is 1. The van der Waals surface area contributed by atoms with Gasteiger partial charge in [-0.15, -0.1) is 0 Å². The van der Waals surface area contributed by atoms with Crippen molar-refractivity contribution < 1.29 is 0 Å². The average molecular weight is 232 g/mol. The normalized spacial score (nSPS) is 20.3. The monoisotopic (exact) mass is 232 g/mol. The molecule has 1 aliphatic heterocycles. The maximum Gasteiger partial charge on any atom is 0.223 e. The minimum Gasteiger partial charge on any atom is -0.351 e. The SMILES string of the molecule is Cc1nc(NC2CCCC2)nc2c1CCNC2. The lowest BCUT2D eigenvalue weighted by Crippen LogP contribution is -2.27. The second-order valence-electron chi connectivity index (χ2n) is 5.11. The van der Waals surface area contributed by atoms with E-state index in [9.17, 15) is 0 Å². The summed E-state index contributed by atoms with van der Waals surface area (Å²) in [5.74, 6) is 0.830. The van der Waals surface area contributed by atoms with Crippen molar-refractivity contribution in [2.24, 2.45) is 0 Å². The van der Waals surface area contributed by atoms with Crippen LogP contribution >= 0.6 is 0 Å². The summed E-state index contributed by atoms with van der Waals surface area (Å²) in [5.41, 5.74) is 3.68. The van der Waals surface area contributed by atoms with Gasteiger partial charge in [0.1, 0.15) is 0 Å². The fourth-order valence-electron chi connectivity index (χ4n) is 2.86. The highest BCUT2D eigenvalue weighted by atomic mass is 15.1. The molecule has 1 aliphatic carbocycles. The molecule has 4 nitrogen and oxygen atoms in total. The van der Waals surface area contributed by atoms with Gasteiger partial charge in [-0.3, -0.25) is 0 Å². The molecule has 17 heavy (non-hydrogen) atoms. The Morgan fingerprint density at radius 2 is 2.06 bits per heavy atom. The van der Waals surface area contributed by atoms with Crippen LogP contribution in [0.4, 0.5) is 5.95 Å². The highest BCUT2D eigenvalue weighted by Crippen LogP contribution is 2.22. The fourth-order valence-corrected chi connectivity index (χ4v) is 2.86. The lowest BCUT2D eigenvalue weighted by Gasteiger charge is -2.20. The van der Waals surface area contributed by atoms with Crippen LogP contribution in [0.15, 0.2) is 0 Å². The number of nitrogens with zero attached hydrogens (tertiary/aromatic N) is 2. The summed E-state index contributed by atoms with van der Waals surface area (Å²) in [7, 11) is 0. The van der Waals surface area contributed by atoms with Gasteiger partial charge in [-0.2, -0.15) is 0 Å². The topological polar surface area (TPSA) is 49.8 Å². The summed E-state index contributed by atoms with van der Waals surface area (Å²) < 4.78 is 0. The van der Waals surface area contributed by atoms with Gasteiger partial charge in [-0.25, -0.2) is 9.97 Å². The Kier molecular flexibility index (Phi) is 2.97. The molecular weight excluding hydrogens is 212 g/mol. The first-order valence-corrected chi connectivity index (χ1v) is 6.66. The van der Waals surface area contributed by atoms with Gasteiger partial charge in [0, 0.05) is 18.3 Å². The molecule has 0 spiro atoms. The van der Waals surface area contributed by atoms with Crippen molar-refractivity contribution in [2.75, 3.05) is 11.9 Å². The van der Waals surface area contributed by atoms with E-state index in [1.165, 1.54) is 36.9 Å². The van der Waals surface area contributed by atoms with Crippen LogP contribution in [0.3, 0.4) is 0 Å². The predicted molar refractivity (Wildman–Crippen MR) is 68.1 cm³/mol. The van der Waals surface area contributed by atoms with Gasteiger partial charge < -0.3 is 10.6 Å². The van der Waals surface area contributed by atoms with E-state index in [4.69, 9.17) is 0 Å². The fraction of sp³-hybridized carbons (Fsp3) is 0.692. The first-order valence-electron chi connectivity index (χ1n) is 6.66. The van der Waals surface area contributed by atoms with Crippen LogP contribution in [0.25, 0.3) is 0 Å². The van der Waals surface area contributed by atoms with Crippen molar-refractivity contribution in [3.63, 3.8) is 0 Å². The summed E-state index contributed by atoms with van der Waals surface area (Å²) in [6.07, 6.45) is 6.26. The van der Waals surface area contributed by atoms with E-state index in [2.05, 4.69) is 27.5 Å². The number of aryl methyl sites for hydroxylation is 1. The highest BCUT2D eigenvalue weighted by molar-refractivity contribution is 5.36. The summed E-state index contributed by atoms with van der Waals surface area (Å²) in [5, 5.41) is 6.85. The Hall–Kier alpha value is -1.16. The smallest absolute Gasteiger partial charge is 0.223 e. The van der Waals surface area contributed by atoms with Gasteiger partial charge in [0.2, 0.25) is 5.95 Å². The molecule has 3 rings (SSSR count). The van der Waals surface area contributed by atoms with Gasteiger partial charge in [-0.05, 0) is 38.3 Å². The van der Waals surface area contributed by atoms with Gasteiger partial charge >= 0.3 is 0 Å². The van der Waals surface area contributed by atoms with E-state index in [0.717, 1.165) is 31.2 Å². The van der Waals surface area contributed by atoms with Crippen LogP contribution in [0.5, 0.6) is 0 Å². The lowest BCUT2D eigenvalue weighted by atomic mass is 10.1. The third kappa shape index (κ3) is 2.27. The standard InChI is InChI=1S/C13H20N4/c1-9-11-6-7-14-8-12(11)17-13(15-9)16-10-4-2-3-5-10/h10,14H,2-8H2,1H3,(H,15,16,17). The van der Waals surface area contributed by atoms with Gasteiger partial charge in [0.25, 0.3) is 0 Å². The van der Waals surface area contributed by atoms with E-state index in [-0.39, 0.29) is 0 Å². The van der Waals surface area contributed by atoms with Crippen LogP contribution < -0.4 is 10.6 Å². The zero-order valence-electron chi connectivity index (χ0n) is 10.4. The van der Waals surface area contributed by atoms with E-state index >= 15 is 0 Å². The Bertz CT molecular complexity index is 410. The number of hydrogen-bond donors (Lipinski definition) is 2. The Labute approximate surface area is 102 Å². The molecule has 1 aromatic rings. The molecule has 1 aromatic heterocycles. The Morgan fingerprint density at radius 3 is 2.88 bits per heavy atom. The largest absolute Gasteiger partial charge is 0.351 e. The van der Waals surface area contributed by atoms with Crippen LogP contribution in [-0.4, -0.2) is 22.6 Å². The lowest BCUT2D eigenvalue weighted by molar-refractivity contribution is 0.617. The van der Waals surface area contributed by atoms with E-state index in [0.29, 0.717) is 6.04 Å². The molecule has 0 saturated heterocycles. The van der Waals surface area contributed by atoms with Crippen molar-refractivity contribution >= 4 is 5.95 Å². The van der Waals surface area contributed by atoms with Crippen LogP contribution in [0, 0.1) is 6.92 Å². The number of anilines is 1. The number of rotatable bonds is 2. The molecule has 0 aromatic carbocycles. The van der Waals surface area contributed by atoms with Crippen molar-refractivity contribution in [3.8, 4) is 0 Å². The first kappa shape index (κ1) is 11.0. The molecule has 4 heteroatoms. The maximum atomic E-state index is 4.65. The molecule has 0 amide bonds. The number of aromatic nitrogens is 2. The van der Waals surface area contributed by atoms with Crippen molar-refractivity contribution in [1.29, 1.82) is 0 Å². The third-order valence-corrected chi connectivity index (χ3v) is 3.83. The van der Waals surface area contributed by atoms with Crippen molar-refractivity contribution in [3.05, 3.63) is 17.0 Å². The summed E-state index contributed by atoms with van der Waals surface area (Å²) >= 11 is 0. The zero-order valence-corrected chi connectivity index (χ0v) is 10.4. The molecule has 92 valence electrons. The minimum absolute atomic E-state index is 0.587. The summed E-state index contributed by atoms with van der Waals surface area (Å²) in [6.45, 7) is 4.04. The molecule has 2 heterocycles. The maximum absolute atomic E-state index is 4.65. The molecule has 0 unspecified atom stereocenters. The van der Waals surface area contributed by atoms with Crippen LogP contribution in [0.2, 0.25) is 0 Å². The zero-order chi connectivity index (χ0) is 11.7. The average Bonchev–Trinajstić information content (AvgIpc) is 2.82. The van der Waals surface area contributed by atoms with Crippen molar-refractivity contribution in [2.45, 2.75) is 51.6 Å². The van der Waals surface area contributed by atoms with Gasteiger partial charge in [-0.1, -0.05) is 12.8 Å². The Morgan fingerprint density at radius 1 is 1.24 bits per heavy atom. The summed E-state index contributed by atoms with van der Waals surface area (Å²) in [6, 6.07) is 0.587. The summed E-state index contributed by atoms with van der Waals surface area (Å²) in [4.78, 5) is 9.25. The molecule has 0 radical (unpaired) electrons. The number of nitrogens with one attached hydrogen (secondary N) is 2. The molecule has 1 fully saturated rings. The first-order chi connectivity index (χ1) is 8.33. The molecule has 1 saturated carbocycles. The van der Waals surface area contributed by atoms with E-state index < -0.39 is 0 Å². The van der Waals surface area contributed by atoms with Gasteiger partial charge in [0.15, 0.2) is 0 Å². The highest BCUT2D eigenvalue weighted by Gasteiger charge is 2.18. The predicted octanol–water partition coefficient (Wildman–Crippen LogP) is 1.79. The second-order valence-corrected chi connectivity index (χ2v) is 5.11. The van der Waals surface area contributed by atoms with Gasteiger partial charge in [0.05, 0.1) is 5.69 Å². The molecular formula is C13H20N4. The molecule has 2 N–H and O–H groups in total. The second kappa shape index (κ2) is 4.61. The van der Waals surface area contributed by atoms with Crippen LogP contribution in [-0.2, 0) is 13.0 Å². The minimum atomic E-state index is 0.587. The molecule has 0 bridgehead atoms.